The summed E-state index contributed by atoms with van der Waals surface area (Å²) in [5.41, 5.74) is -0.356. The summed E-state index contributed by atoms with van der Waals surface area (Å²) in [6, 6.07) is 3.39. The molecule has 5 heteroatoms. The molecule has 0 spiro atoms. The third-order valence-electron chi connectivity index (χ3n) is 2.71. The largest absolute Gasteiger partial charge is 0.508 e. The number of benzene rings is 1. The average molecular weight is 255 g/mol. The molecule has 0 aliphatic rings. The first kappa shape index (κ1) is 14.4. The highest BCUT2D eigenvalue weighted by molar-refractivity contribution is 5.94. The number of halogens is 1. The second-order valence-corrected chi connectivity index (χ2v) is 4.98. The highest BCUT2D eigenvalue weighted by Crippen LogP contribution is 2.19. The highest BCUT2D eigenvalue weighted by atomic mass is 19.1. The quantitative estimate of drug-likeness (QED) is 0.749. The molecule has 0 heterocycles. The zero-order chi connectivity index (χ0) is 13.8. The molecular formula is C13H18FNO3. The van der Waals surface area contributed by atoms with Crippen LogP contribution in [0.2, 0.25) is 0 Å². The van der Waals surface area contributed by atoms with Crippen LogP contribution in [0, 0.1) is 11.2 Å². The molecule has 1 aromatic rings. The summed E-state index contributed by atoms with van der Waals surface area (Å²) in [7, 11) is 0. The van der Waals surface area contributed by atoms with Gasteiger partial charge in [-0.1, -0.05) is 13.8 Å². The average Bonchev–Trinajstić information content (AvgIpc) is 2.26. The van der Waals surface area contributed by atoms with Crippen molar-refractivity contribution < 1.29 is 19.4 Å². The zero-order valence-electron chi connectivity index (χ0n) is 10.5. The Hall–Kier alpha value is -1.62. The van der Waals surface area contributed by atoms with E-state index < -0.39 is 11.7 Å². The number of carbonyl (C=O) groups excluding carboxylic acids is 1. The molecule has 0 saturated heterocycles. The summed E-state index contributed by atoms with van der Waals surface area (Å²) in [5.74, 6) is -1.50. The van der Waals surface area contributed by atoms with Crippen molar-refractivity contribution in [2.45, 2.75) is 20.3 Å². The molecule has 3 N–H and O–H groups in total. The van der Waals surface area contributed by atoms with Gasteiger partial charge in [0.2, 0.25) is 0 Å². The van der Waals surface area contributed by atoms with Gasteiger partial charge in [-0.3, -0.25) is 4.79 Å². The van der Waals surface area contributed by atoms with Gasteiger partial charge in [-0.25, -0.2) is 4.39 Å². The minimum absolute atomic E-state index is 0.0381. The van der Waals surface area contributed by atoms with Gasteiger partial charge in [-0.05, 0) is 24.0 Å². The van der Waals surface area contributed by atoms with Gasteiger partial charge < -0.3 is 15.5 Å². The van der Waals surface area contributed by atoms with Gasteiger partial charge in [0.05, 0.1) is 5.56 Å². The molecule has 1 aromatic carbocycles. The molecule has 0 atom stereocenters. The first-order valence-electron chi connectivity index (χ1n) is 5.73. The van der Waals surface area contributed by atoms with E-state index in [2.05, 4.69) is 5.32 Å². The fraction of sp³-hybridized carbons (Fsp3) is 0.462. The summed E-state index contributed by atoms with van der Waals surface area (Å²) >= 11 is 0. The maximum absolute atomic E-state index is 13.4. The van der Waals surface area contributed by atoms with Crippen LogP contribution in [0.1, 0.15) is 30.6 Å². The van der Waals surface area contributed by atoms with E-state index in [-0.39, 0.29) is 23.3 Å². The Morgan fingerprint density at radius 2 is 2.11 bits per heavy atom. The summed E-state index contributed by atoms with van der Waals surface area (Å²) in [4.78, 5) is 11.7. The van der Waals surface area contributed by atoms with Crippen molar-refractivity contribution in [2.24, 2.45) is 5.41 Å². The number of phenols is 1. The van der Waals surface area contributed by atoms with Crippen LogP contribution in [-0.4, -0.2) is 29.3 Å². The Kier molecular flexibility index (Phi) is 4.67. The van der Waals surface area contributed by atoms with Gasteiger partial charge >= 0.3 is 0 Å². The summed E-state index contributed by atoms with van der Waals surface area (Å²) in [6.45, 7) is 4.18. The number of aliphatic hydroxyl groups is 1. The number of aliphatic hydroxyl groups excluding tert-OH is 1. The molecule has 0 aliphatic carbocycles. The van der Waals surface area contributed by atoms with E-state index >= 15 is 0 Å². The van der Waals surface area contributed by atoms with Crippen LogP contribution >= 0.6 is 0 Å². The predicted octanol–water partition coefficient (Wildman–Crippen LogP) is 1.67. The number of aromatic hydroxyl groups is 1. The molecule has 0 unspecified atom stereocenters. The van der Waals surface area contributed by atoms with E-state index in [1.165, 1.54) is 12.1 Å². The van der Waals surface area contributed by atoms with Crippen molar-refractivity contribution in [2.75, 3.05) is 13.2 Å². The van der Waals surface area contributed by atoms with Crippen molar-refractivity contribution in [3.05, 3.63) is 29.6 Å². The SMILES string of the molecule is CC(C)(CCO)CNC(=O)c1ccc(O)cc1F. The standard InChI is InChI=1S/C13H18FNO3/c1-13(2,5-6-16)8-15-12(18)10-4-3-9(17)7-11(10)14/h3-4,7,16-17H,5-6,8H2,1-2H3,(H,15,18). The fourth-order valence-electron chi connectivity index (χ4n) is 1.49. The minimum Gasteiger partial charge on any atom is -0.508 e. The molecule has 0 bridgehead atoms. The number of amides is 1. The number of nitrogens with one attached hydrogen (secondary N) is 1. The third kappa shape index (κ3) is 4.00. The zero-order valence-corrected chi connectivity index (χ0v) is 10.5. The van der Waals surface area contributed by atoms with Gasteiger partial charge in [0, 0.05) is 19.2 Å². The van der Waals surface area contributed by atoms with E-state index in [0.29, 0.717) is 13.0 Å². The molecular weight excluding hydrogens is 237 g/mol. The van der Waals surface area contributed by atoms with Crippen LogP contribution in [0.4, 0.5) is 4.39 Å². The molecule has 0 radical (unpaired) electrons. The Labute approximate surface area is 105 Å². The van der Waals surface area contributed by atoms with Gasteiger partial charge in [-0.2, -0.15) is 0 Å². The summed E-state index contributed by atoms with van der Waals surface area (Å²) in [6.07, 6.45) is 0.547. The third-order valence-corrected chi connectivity index (χ3v) is 2.71. The Morgan fingerprint density at radius 1 is 1.44 bits per heavy atom. The molecule has 4 nitrogen and oxygen atoms in total. The van der Waals surface area contributed by atoms with Crippen LogP contribution in [-0.2, 0) is 0 Å². The van der Waals surface area contributed by atoms with Crippen LogP contribution in [0.15, 0.2) is 18.2 Å². The number of phenolic OH excluding ortho intramolecular Hbond substituents is 1. The van der Waals surface area contributed by atoms with Crippen molar-refractivity contribution >= 4 is 5.91 Å². The normalized spacial score (nSPS) is 11.3. The molecule has 1 amide bonds. The lowest BCUT2D eigenvalue weighted by atomic mass is 9.89. The summed E-state index contributed by atoms with van der Waals surface area (Å²) < 4.78 is 13.4. The molecule has 1 rings (SSSR count). The van der Waals surface area contributed by atoms with Crippen LogP contribution in [0.3, 0.4) is 0 Å². The van der Waals surface area contributed by atoms with Crippen LogP contribution < -0.4 is 5.32 Å². The maximum atomic E-state index is 13.4. The second-order valence-electron chi connectivity index (χ2n) is 4.98. The highest BCUT2D eigenvalue weighted by Gasteiger charge is 2.19. The Bertz CT molecular complexity index is 432. The molecule has 0 saturated carbocycles. The molecule has 0 aliphatic heterocycles. The summed E-state index contributed by atoms with van der Waals surface area (Å²) in [5, 5.41) is 20.5. The maximum Gasteiger partial charge on any atom is 0.254 e. The van der Waals surface area contributed by atoms with Crippen molar-refractivity contribution in [3.63, 3.8) is 0 Å². The topological polar surface area (TPSA) is 69.6 Å². The van der Waals surface area contributed by atoms with E-state index in [4.69, 9.17) is 10.2 Å². The smallest absolute Gasteiger partial charge is 0.254 e. The predicted molar refractivity (Wildman–Crippen MR) is 65.9 cm³/mol. The van der Waals surface area contributed by atoms with Crippen molar-refractivity contribution in [1.29, 1.82) is 0 Å². The molecule has 100 valence electrons. The number of rotatable bonds is 5. The monoisotopic (exact) mass is 255 g/mol. The minimum atomic E-state index is -0.757. The Balaban J connectivity index is 2.66. The first-order chi connectivity index (χ1) is 8.35. The number of carbonyl (C=O) groups is 1. The van der Waals surface area contributed by atoms with Crippen molar-refractivity contribution in [3.8, 4) is 5.75 Å². The van der Waals surface area contributed by atoms with Gasteiger partial charge in [0.1, 0.15) is 11.6 Å². The molecule has 0 fully saturated rings. The van der Waals surface area contributed by atoms with Gasteiger partial charge in [0.25, 0.3) is 5.91 Å². The molecule has 0 aromatic heterocycles. The lowest BCUT2D eigenvalue weighted by molar-refractivity contribution is 0.0924. The second kappa shape index (κ2) is 5.82. The lowest BCUT2D eigenvalue weighted by Crippen LogP contribution is -2.34. The van der Waals surface area contributed by atoms with Gasteiger partial charge in [0.15, 0.2) is 0 Å². The molecule has 18 heavy (non-hydrogen) atoms. The van der Waals surface area contributed by atoms with Crippen molar-refractivity contribution in [1.82, 2.24) is 5.32 Å². The fourth-order valence-corrected chi connectivity index (χ4v) is 1.49. The van der Waals surface area contributed by atoms with E-state index in [1.54, 1.807) is 0 Å². The van der Waals surface area contributed by atoms with E-state index in [0.717, 1.165) is 6.07 Å². The number of hydrogen-bond acceptors (Lipinski definition) is 3. The number of hydrogen-bond donors (Lipinski definition) is 3. The van der Waals surface area contributed by atoms with Gasteiger partial charge in [-0.15, -0.1) is 0 Å². The van der Waals surface area contributed by atoms with E-state index in [9.17, 15) is 9.18 Å². The van der Waals surface area contributed by atoms with Crippen LogP contribution in [0.25, 0.3) is 0 Å². The van der Waals surface area contributed by atoms with E-state index in [1.807, 2.05) is 13.8 Å². The Morgan fingerprint density at radius 3 is 2.67 bits per heavy atom. The van der Waals surface area contributed by atoms with Crippen LogP contribution in [0.5, 0.6) is 5.75 Å². The lowest BCUT2D eigenvalue weighted by Gasteiger charge is -2.23. The first-order valence-corrected chi connectivity index (χ1v) is 5.73.